The number of hydrogen-bond donors (Lipinski definition) is 2. The fourth-order valence-electron chi connectivity index (χ4n) is 4.83. The number of rotatable bonds is 5. The maximum absolute atomic E-state index is 13.5. The lowest BCUT2D eigenvalue weighted by Crippen LogP contribution is -2.30. The molecule has 4 aromatic rings. The van der Waals surface area contributed by atoms with Crippen LogP contribution in [0.3, 0.4) is 0 Å². The molecule has 4 heterocycles. The number of hydrogen-bond acceptors (Lipinski definition) is 7. The summed E-state index contributed by atoms with van der Waals surface area (Å²) in [4.78, 5) is 36.9. The van der Waals surface area contributed by atoms with Crippen LogP contribution in [0.4, 0.5) is 22.0 Å². The van der Waals surface area contributed by atoms with E-state index in [-0.39, 0.29) is 5.91 Å². The van der Waals surface area contributed by atoms with Crippen molar-refractivity contribution < 1.29 is 14.3 Å². The molecule has 5 rings (SSSR count). The summed E-state index contributed by atoms with van der Waals surface area (Å²) in [6.45, 7) is 9.21. The van der Waals surface area contributed by atoms with Crippen LogP contribution in [0.15, 0.2) is 48.8 Å². The third kappa shape index (κ3) is 6.22. The summed E-state index contributed by atoms with van der Waals surface area (Å²) >= 11 is 0. The van der Waals surface area contributed by atoms with Gasteiger partial charge in [0.15, 0.2) is 0 Å². The molecule has 1 aromatic carbocycles. The number of benzene rings is 1. The summed E-state index contributed by atoms with van der Waals surface area (Å²) in [5.41, 5.74) is 4.58. The Kier molecular flexibility index (Phi) is 7.42. The number of piperidine rings is 1. The maximum atomic E-state index is 13.5. The highest BCUT2D eigenvalue weighted by atomic mass is 16.6. The topological polar surface area (TPSA) is 114 Å². The van der Waals surface area contributed by atoms with Crippen molar-refractivity contribution in [2.75, 3.05) is 28.6 Å². The third-order valence-electron chi connectivity index (χ3n) is 6.68. The average molecular weight is 542 g/mol. The van der Waals surface area contributed by atoms with Gasteiger partial charge >= 0.3 is 6.09 Å². The Hall–Kier alpha value is -4.47. The van der Waals surface area contributed by atoms with Crippen LogP contribution in [0.2, 0.25) is 0 Å². The van der Waals surface area contributed by atoms with Gasteiger partial charge in [0.1, 0.15) is 17.1 Å². The zero-order valence-corrected chi connectivity index (χ0v) is 23.6. The lowest BCUT2D eigenvalue weighted by atomic mass is 10.1. The van der Waals surface area contributed by atoms with Crippen LogP contribution in [-0.4, -0.2) is 50.4 Å². The molecule has 0 spiro atoms. The summed E-state index contributed by atoms with van der Waals surface area (Å²) in [5, 5.41) is 11.3. The number of carbonyl (C=O) groups excluding carboxylic acids is 2. The fraction of sp³-hybridized carbons (Fsp3) is 0.367. The molecule has 0 aliphatic carbocycles. The van der Waals surface area contributed by atoms with Gasteiger partial charge in [0.25, 0.3) is 5.91 Å². The molecule has 0 saturated carbocycles. The molecule has 10 heteroatoms. The van der Waals surface area contributed by atoms with Gasteiger partial charge in [-0.15, -0.1) is 0 Å². The van der Waals surface area contributed by atoms with Gasteiger partial charge in [-0.25, -0.2) is 14.8 Å². The van der Waals surface area contributed by atoms with Gasteiger partial charge in [-0.1, -0.05) is 6.07 Å². The lowest BCUT2D eigenvalue weighted by Gasteiger charge is -2.30. The monoisotopic (exact) mass is 541 g/mol. The molecule has 0 bridgehead atoms. The first-order valence-corrected chi connectivity index (χ1v) is 13.5. The Morgan fingerprint density at radius 3 is 2.48 bits per heavy atom. The second-order valence-corrected chi connectivity index (χ2v) is 11.2. The van der Waals surface area contributed by atoms with Crippen molar-refractivity contribution >= 4 is 40.1 Å². The first kappa shape index (κ1) is 27.1. The van der Waals surface area contributed by atoms with Crippen LogP contribution in [0.1, 0.15) is 56.1 Å². The van der Waals surface area contributed by atoms with Crippen LogP contribution < -0.4 is 15.5 Å². The van der Waals surface area contributed by atoms with Crippen LogP contribution in [0.25, 0.3) is 22.2 Å². The summed E-state index contributed by atoms with van der Waals surface area (Å²) in [5.74, 6) is 0.0690. The Balaban J connectivity index is 1.38. The molecule has 0 atom stereocenters. The number of fused-ring (bicyclic) bond motifs is 1. The first-order valence-electron chi connectivity index (χ1n) is 13.5. The molecule has 0 unspecified atom stereocenters. The molecule has 2 amide bonds. The van der Waals surface area contributed by atoms with E-state index in [1.165, 1.54) is 6.42 Å². The predicted octanol–water partition coefficient (Wildman–Crippen LogP) is 5.93. The number of aromatic nitrogens is 4. The summed E-state index contributed by atoms with van der Waals surface area (Å²) in [6, 6.07) is 11.1. The van der Waals surface area contributed by atoms with Gasteiger partial charge in [0, 0.05) is 43.5 Å². The molecule has 2 N–H and O–H groups in total. The average Bonchev–Trinajstić information content (AvgIpc) is 3.27. The number of anilines is 3. The quantitative estimate of drug-likeness (QED) is 0.322. The maximum Gasteiger partial charge on any atom is 0.413 e. The van der Waals surface area contributed by atoms with E-state index in [0.717, 1.165) is 59.3 Å². The minimum Gasteiger partial charge on any atom is -0.444 e. The van der Waals surface area contributed by atoms with E-state index in [2.05, 4.69) is 31.7 Å². The van der Waals surface area contributed by atoms with Gasteiger partial charge in [0.05, 0.1) is 22.6 Å². The molecule has 1 aliphatic rings. The van der Waals surface area contributed by atoms with Gasteiger partial charge in [-0.05, 0) is 82.9 Å². The fourth-order valence-corrected chi connectivity index (χ4v) is 4.83. The normalized spacial score (nSPS) is 13.8. The van der Waals surface area contributed by atoms with E-state index in [0.29, 0.717) is 17.2 Å². The molecule has 1 fully saturated rings. The van der Waals surface area contributed by atoms with Crippen LogP contribution in [0.5, 0.6) is 0 Å². The van der Waals surface area contributed by atoms with Gasteiger partial charge in [0.2, 0.25) is 0 Å². The molecule has 10 nitrogen and oxygen atoms in total. The van der Waals surface area contributed by atoms with Gasteiger partial charge in [-0.3, -0.25) is 14.8 Å². The number of aryl methyl sites for hydroxylation is 2. The van der Waals surface area contributed by atoms with E-state index in [1.807, 2.05) is 38.4 Å². The largest absolute Gasteiger partial charge is 0.444 e. The number of pyridine rings is 2. The standard InChI is InChI=1S/C30H35N7O3/c1-19-9-11-22(32-27(19)20-10-12-26(31-17-20)34-29(39)40-30(2,3)4)28(38)33-24-15-21-18-36(5)35-23(21)16-25(24)37-13-7-6-8-14-37/h9-12,15-18H,6-8,13-14H2,1-5H3,(H,33,38)(H,31,34,39). The zero-order valence-electron chi connectivity index (χ0n) is 23.6. The number of amides is 2. The van der Waals surface area contributed by atoms with Gasteiger partial charge in [-0.2, -0.15) is 5.10 Å². The second-order valence-electron chi connectivity index (χ2n) is 11.2. The van der Waals surface area contributed by atoms with Crippen molar-refractivity contribution in [1.29, 1.82) is 0 Å². The minimum absolute atomic E-state index is 0.293. The third-order valence-corrected chi connectivity index (χ3v) is 6.68. The van der Waals surface area contributed by atoms with Crippen molar-refractivity contribution in [1.82, 2.24) is 19.7 Å². The van der Waals surface area contributed by atoms with Crippen molar-refractivity contribution in [3.8, 4) is 11.3 Å². The van der Waals surface area contributed by atoms with E-state index in [1.54, 1.807) is 43.8 Å². The first-order chi connectivity index (χ1) is 19.1. The van der Waals surface area contributed by atoms with Crippen molar-refractivity contribution in [2.24, 2.45) is 7.05 Å². The highest BCUT2D eigenvalue weighted by Crippen LogP contribution is 2.33. The van der Waals surface area contributed by atoms with Crippen LogP contribution in [0, 0.1) is 6.92 Å². The molecule has 3 aromatic heterocycles. The minimum atomic E-state index is -0.607. The molecular weight excluding hydrogens is 506 g/mol. The smallest absolute Gasteiger partial charge is 0.413 e. The highest BCUT2D eigenvalue weighted by molar-refractivity contribution is 6.06. The Bertz CT molecular complexity index is 1550. The zero-order chi connectivity index (χ0) is 28.4. The number of nitrogens with one attached hydrogen (secondary N) is 2. The Morgan fingerprint density at radius 1 is 1.00 bits per heavy atom. The van der Waals surface area contributed by atoms with Gasteiger partial charge < -0.3 is 15.0 Å². The van der Waals surface area contributed by atoms with Crippen LogP contribution in [-0.2, 0) is 11.8 Å². The highest BCUT2D eigenvalue weighted by Gasteiger charge is 2.20. The number of ether oxygens (including phenoxy) is 1. The SMILES string of the molecule is Cc1ccc(C(=O)Nc2cc3cn(C)nc3cc2N2CCCCC2)nc1-c1ccc(NC(=O)OC(C)(C)C)nc1. The Labute approximate surface area is 233 Å². The molecule has 0 radical (unpaired) electrons. The number of nitrogens with zero attached hydrogens (tertiary/aromatic N) is 5. The van der Waals surface area contributed by atoms with Crippen molar-refractivity contribution in [3.63, 3.8) is 0 Å². The van der Waals surface area contributed by atoms with Crippen LogP contribution >= 0.6 is 0 Å². The summed E-state index contributed by atoms with van der Waals surface area (Å²) in [6.07, 6.45) is 6.45. The summed E-state index contributed by atoms with van der Waals surface area (Å²) in [7, 11) is 1.89. The molecule has 208 valence electrons. The van der Waals surface area contributed by atoms with E-state index < -0.39 is 11.7 Å². The lowest BCUT2D eigenvalue weighted by molar-refractivity contribution is 0.0635. The van der Waals surface area contributed by atoms with E-state index in [4.69, 9.17) is 9.72 Å². The Morgan fingerprint density at radius 2 is 1.77 bits per heavy atom. The molecule has 1 aliphatic heterocycles. The van der Waals surface area contributed by atoms with E-state index >= 15 is 0 Å². The molecule has 40 heavy (non-hydrogen) atoms. The van der Waals surface area contributed by atoms with Crippen molar-refractivity contribution in [3.05, 3.63) is 60.0 Å². The second kappa shape index (κ2) is 11.0. The predicted molar refractivity (Wildman–Crippen MR) is 157 cm³/mol. The van der Waals surface area contributed by atoms with E-state index in [9.17, 15) is 9.59 Å². The van der Waals surface area contributed by atoms with Crippen molar-refractivity contribution in [2.45, 2.75) is 52.6 Å². The molecule has 1 saturated heterocycles. The number of carbonyl (C=O) groups is 2. The summed E-state index contributed by atoms with van der Waals surface area (Å²) < 4.78 is 7.07. The molecular formula is C30H35N7O3.